The minimum Gasteiger partial charge on any atom is -0.480 e. The standard InChI is InChI=1S/C15H20FNO3/c1-2-5-11-10-15(14(18)19,8-9-20-11)17-13-7-4-3-6-12(13)16/h3-4,6-7,11,17H,2,5,8-10H2,1H3,(H,18,19). The van der Waals surface area contributed by atoms with E-state index in [2.05, 4.69) is 5.32 Å². The molecule has 0 spiro atoms. The van der Waals surface area contributed by atoms with Crippen molar-refractivity contribution in [3.8, 4) is 0 Å². The molecule has 1 aliphatic heterocycles. The fraction of sp³-hybridized carbons (Fsp3) is 0.533. The number of nitrogens with one attached hydrogen (secondary N) is 1. The van der Waals surface area contributed by atoms with Crippen molar-refractivity contribution in [2.75, 3.05) is 11.9 Å². The number of anilines is 1. The monoisotopic (exact) mass is 281 g/mol. The normalized spacial score (nSPS) is 26.2. The second kappa shape index (κ2) is 6.22. The number of aliphatic carboxylic acids is 1. The predicted octanol–water partition coefficient (Wildman–Crippen LogP) is 3.04. The van der Waals surface area contributed by atoms with Crippen LogP contribution >= 0.6 is 0 Å². The molecule has 0 aliphatic carbocycles. The van der Waals surface area contributed by atoms with Crippen LogP contribution in [0.5, 0.6) is 0 Å². The van der Waals surface area contributed by atoms with Crippen molar-refractivity contribution in [1.82, 2.24) is 0 Å². The molecule has 0 saturated carbocycles. The summed E-state index contributed by atoms with van der Waals surface area (Å²) < 4.78 is 19.3. The van der Waals surface area contributed by atoms with Gasteiger partial charge in [0.15, 0.2) is 0 Å². The van der Waals surface area contributed by atoms with E-state index in [4.69, 9.17) is 4.74 Å². The maximum atomic E-state index is 13.7. The average Bonchev–Trinajstić information content (AvgIpc) is 2.42. The molecule has 0 bridgehead atoms. The SMILES string of the molecule is CCCC1CC(Nc2ccccc2F)(C(=O)O)CCO1. The van der Waals surface area contributed by atoms with Crippen LogP contribution in [0.25, 0.3) is 0 Å². The van der Waals surface area contributed by atoms with Gasteiger partial charge < -0.3 is 15.2 Å². The van der Waals surface area contributed by atoms with Crippen LogP contribution < -0.4 is 5.32 Å². The van der Waals surface area contributed by atoms with Gasteiger partial charge in [-0.15, -0.1) is 0 Å². The molecule has 1 aliphatic rings. The average molecular weight is 281 g/mol. The summed E-state index contributed by atoms with van der Waals surface area (Å²) in [6, 6.07) is 6.15. The summed E-state index contributed by atoms with van der Waals surface area (Å²) in [5.41, 5.74) is -0.924. The summed E-state index contributed by atoms with van der Waals surface area (Å²) >= 11 is 0. The van der Waals surface area contributed by atoms with Gasteiger partial charge in [-0.05, 0) is 18.6 Å². The molecule has 110 valence electrons. The third-order valence-corrected chi connectivity index (χ3v) is 3.73. The number of ether oxygens (including phenoxy) is 1. The first-order valence-corrected chi connectivity index (χ1v) is 6.95. The lowest BCUT2D eigenvalue weighted by Gasteiger charge is -2.39. The molecule has 4 nitrogen and oxygen atoms in total. The van der Waals surface area contributed by atoms with Crippen LogP contribution in [0.4, 0.5) is 10.1 Å². The van der Waals surface area contributed by atoms with E-state index in [0.29, 0.717) is 19.4 Å². The zero-order chi connectivity index (χ0) is 14.6. The number of carboxylic acid groups (broad SMARTS) is 1. The Morgan fingerprint density at radius 2 is 2.30 bits per heavy atom. The molecule has 1 heterocycles. The van der Waals surface area contributed by atoms with Crippen molar-refractivity contribution in [1.29, 1.82) is 0 Å². The molecule has 1 fully saturated rings. The smallest absolute Gasteiger partial charge is 0.329 e. The van der Waals surface area contributed by atoms with Crippen LogP contribution in [0.15, 0.2) is 24.3 Å². The van der Waals surface area contributed by atoms with E-state index < -0.39 is 17.3 Å². The first-order chi connectivity index (χ1) is 9.57. The number of rotatable bonds is 5. The van der Waals surface area contributed by atoms with E-state index in [-0.39, 0.29) is 11.8 Å². The first-order valence-electron chi connectivity index (χ1n) is 6.95. The Morgan fingerprint density at radius 1 is 1.55 bits per heavy atom. The number of carboxylic acids is 1. The fourth-order valence-corrected chi connectivity index (χ4v) is 2.64. The molecule has 5 heteroatoms. The van der Waals surface area contributed by atoms with Crippen molar-refractivity contribution < 1.29 is 19.0 Å². The van der Waals surface area contributed by atoms with Gasteiger partial charge in [0.2, 0.25) is 0 Å². The first kappa shape index (κ1) is 14.8. The summed E-state index contributed by atoms with van der Waals surface area (Å²) in [4.78, 5) is 11.7. The second-order valence-corrected chi connectivity index (χ2v) is 5.23. The Bertz CT molecular complexity index is 478. The molecule has 0 radical (unpaired) electrons. The third kappa shape index (κ3) is 3.10. The fourth-order valence-electron chi connectivity index (χ4n) is 2.64. The van der Waals surface area contributed by atoms with Crippen molar-refractivity contribution >= 4 is 11.7 Å². The number of halogens is 1. The molecular formula is C15H20FNO3. The van der Waals surface area contributed by atoms with E-state index in [1.165, 1.54) is 6.07 Å². The van der Waals surface area contributed by atoms with E-state index in [1.54, 1.807) is 18.2 Å². The zero-order valence-electron chi connectivity index (χ0n) is 11.6. The van der Waals surface area contributed by atoms with E-state index in [0.717, 1.165) is 12.8 Å². The summed E-state index contributed by atoms with van der Waals surface area (Å²) in [5, 5.41) is 12.5. The Morgan fingerprint density at radius 3 is 2.95 bits per heavy atom. The van der Waals surface area contributed by atoms with Crippen molar-refractivity contribution in [3.05, 3.63) is 30.1 Å². The van der Waals surface area contributed by atoms with Gasteiger partial charge in [-0.2, -0.15) is 0 Å². The molecule has 1 saturated heterocycles. The van der Waals surface area contributed by atoms with E-state index >= 15 is 0 Å². The highest BCUT2D eigenvalue weighted by molar-refractivity contribution is 5.83. The predicted molar refractivity (Wildman–Crippen MR) is 74.3 cm³/mol. The molecule has 2 N–H and O–H groups in total. The quantitative estimate of drug-likeness (QED) is 0.871. The van der Waals surface area contributed by atoms with Crippen molar-refractivity contribution in [3.63, 3.8) is 0 Å². The molecular weight excluding hydrogens is 261 g/mol. The minimum absolute atomic E-state index is 0.0934. The molecule has 2 unspecified atom stereocenters. The van der Waals surface area contributed by atoms with Crippen molar-refractivity contribution in [2.24, 2.45) is 0 Å². The Kier molecular flexibility index (Phi) is 4.60. The van der Waals surface area contributed by atoms with E-state index in [1.807, 2.05) is 6.92 Å². The van der Waals surface area contributed by atoms with Gasteiger partial charge in [-0.25, -0.2) is 9.18 Å². The van der Waals surface area contributed by atoms with Crippen molar-refractivity contribution in [2.45, 2.75) is 44.2 Å². The van der Waals surface area contributed by atoms with Gasteiger partial charge in [0, 0.05) is 19.4 Å². The molecule has 1 aromatic rings. The van der Waals surface area contributed by atoms with Gasteiger partial charge in [0.05, 0.1) is 11.8 Å². The lowest BCUT2D eigenvalue weighted by molar-refractivity contribution is -0.148. The van der Waals surface area contributed by atoms with Gasteiger partial charge in [0.1, 0.15) is 11.4 Å². The highest BCUT2D eigenvalue weighted by Crippen LogP contribution is 2.32. The molecule has 2 atom stereocenters. The molecule has 0 aromatic heterocycles. The Hall–Kier alpha value is -1.62. The molecule has 0 amide bonds. The van der Waals surface area contributed by atoms with Crippen LogP contribution in [-0.4, -0.2) is 29.3 Å². The molecule has 1 aromatic carbocycles. The number of hydrogen-bond acceptors (Lipinski definition) is 3. The summed E-state index contributed by atoms with van der Waals surface area (Å²) in [6.45, 7) is 2.41. The number of para-hydroxylation sites is 1. The highest BCUT2D eigenvalue weighted by Gasteiger charge is 2.43. The van der Waals surface area contributed by atoms with Gasteiger partial charge in [0.25, 0.3) is 0 Å². The lowest BCUT2D eigenvalue weighted by atomic mass is 9.85. The second-order valence-electron chi connectivity index (χ2n) is 5.23. The summed E-state index contributed by atoms with van der Waals surface area (Å²) in [6.07, 6.45) is 2.33. The maximum absolute atomic E-state index is 13.7. The van der Waals surface area contributed by atoms with Crippen LogP contribution in [0.3, 0.4) is 0 Å². The summed E-state index contributed by atoms with van der Waals surface area (Å²) in [5.74, 6) is -1.39. The zero-order valence-corrected chi connectivity index (χ0v) is 11.6. The lowest BCUT2D eigenvalue weighted by Crippen LogP contribution is -2.53. The van der Waals surface area contributed by atoms with Crippen LogP contribution in [0, 0.1) is 5.82 Å². The number of benzene rings is 1. The maximum Gasteiger partial charge on any atom is 0.329 e. The third-order valence-electron chi connectivity index (χ3n) is 3.73. The minimum atomic E-state index is -1.15. The highest BCUT2D eigenvalue weighted by atomic mass is 19.1. The topological polar surface area (TPSA) is 58.6 Å². The molecule has 20 heavy (non-hydrogen) atoms. The van der Waals surface area contributed by atoms with Gasteiger partial charge >= 0.3 is 5.97 Å². The molecule has 2 rings (SSSR count). The van der Waals surface area contributed by atoms with Crippen LogP contribution in [0.1, 0.15) is 32.6 Å². The Labute approximate surface area is 117 Å². The number of carbonyl (C=O) groups is 1. The van der Waals surface area contributed by atoms with Gasteiger partial charge in [-0.3, -0.25) is 0 Å². The number of hydrogen-bond donors (Lipinski definition) is 2. The summed E-state index contributed by atoms with van der Waals surface area (Å²) in [7, 11) is 0. The van der Waals surface area contributed by atoms with Gasteiger partial charge in [-0.1, -0.05) is 25.5 Å². The Balaban J connectivity index is 2.21. The van der Waals surface area contributed by atoms with Crippen LogP contribution in [0.2, 0.25) is 0 Å². The largest absolute Gasteiger partial charge is 0.480 e. The van der Waals surface area contributed by atoms with Crippen LogP contribution in [-0.2, 0) is 9.53 Å². The van der Waals surface area contributed by atoms with E-state index in [9.17, 15) is 14.3 Å².